The Labute approximate surface area is 175 Å². The van der Waals surface area contributed by atoms with Gasteiger partial charge in [0, 0.05) is 31.9 Å². The number of aryl methyl sites for hydroxylation is 1. The highest BCUT2D eigenvalue weighted by molar-refractivity contribution is 6.32. The predicted molar refractivity (Wildman–Crippen MR) is 113 cm³/mol. The maximum atomic E-state index is 11.7. The molecule has 9 heteroatoms. The molecule has 2 aromatic heterocycles. The quantitative estimate of drug-likeness (QED) is 0.422. The minimum Gasteiger partial charge on any atom is -0.465 e. The smallest absolute Gasteiger partial charge is 0.341 e. The molecule has 1 aliphatic heterocycles. The van der Waals surface area contributed by atoms with E-state index in [4.69, 9.17) is 20.8 Å². The highest BCUT2D eigenvalue weighted by Crippen LogP contribution is 2.25. The molecule has 0 saturated carbocycles. The second kappa shape index (κ2) is 9.65. The highest BCUT2D eigenvalue weighted by atomic mass is 35.5. The van der Waals surface area contributed by atoms with E-state index in [9.17, 15) is 4.79 Å². The van der Waals surface area contributed by atoms with Gasteiger partial charge in [-0.25, -0.2) is 14.8 Å². The Bertz CT molecular complexity index is 883. The normalized spacial score (nSPS) is 16.8. The molecule has 2 aromatic rings. The second-order valence-corrected chi connectivity index (χ2v) is 7.16. The van der Waals surface area contributed by atoms with Crippen LogP contribution in [0, 0.1) is 6.92 Å². The van der Waals surface area contributed by atoms with Crippen LogP contribution in [-0.2, 0) is 11.3 Å². The van der Waals surface area contributed by atoms with E-state index in [1.165, 1.54) is 7.11 Å². The van der Waals surface area contributed by atoms with Crippen molar-refractivity contribution in [3.05, 3.63) is 46.5 Å². The van der Waals surface area contributed by atoms with Crippen LogP contribution in [0.3, 0.4) is 0 Å². The number of nitrogens with zero attached hydrogens (tertiary/aromatic N) is 3. The third-order valence-electron chi connectivity index (χ3n) is 4.68. The molecule has 8 nitrogen and oxygen atoms in total. The Hall–Kier alpha value is -2.74. The number of esters is 1. The maximum absolute atomic E-state index is 11.7. The van der Waals surface area contributed by atoms with Crippen LogP contribution >= 0.6 is 11.6 Å². The summed E-state index contributed by atoms with van der Waals surface area (Å²) < 4.78 is 10.4. The molecule has 3 rings (SSSR count). The molecule has 1 saturated heterocycles. The Morgan fingerprint density at radius 1 is 1.52 bits per heavy atom. The predicted octanol–water partition coefficient (Wildman–Crippen LogP) is 2.76. The van der Waals surface area contributed by atoms with E-state index in [0.29, 0.717) is 34.6 Å². The number of carbonyl (C=O) groups is 1. The average Bonchev–Trinajstić information content (AvgIpc) is 3.32. The van der Waals surface area contributed by atoms with Crippen molar-refractivity contribution in [2.75, 3.05) is 31.6 Å². The van der Waals surface area contributed by atoms with Crippen LogP contribution in [0.5, 0.6) is 0 Å². The Morgan fingerprint density at radius 3 is 3.07 bits per heavy atom. The zero-order valence-electron chi connectivity index (χ0n) is 16.9. The molecule has 0 spiro atoms. The molecular weight excluding hydrogens is 394 g/mol. The summed E-state index contributed by atoms with van der Waals surface area (Å²) in [6.07, 6.45) is 2.70. The van der Waals surface area contributed by atoms with Gasteiger partial charge in [0.1, 0.15) is 29.4 Å². The number of carbonyl (C=O) groups excluding carboxylic acids is 1. The molecule has 1 aliphatic rings. The summed E-state index contributed by atoms with van der Waals surface area (Å²) in [5, 5.41) is 7.36. The first-order chi connectivity index (χ1) is 14.0. The first-order valence-electron chi connectivity index (χ1n) is 9.59. The molecule has 2 N–H and O–H groups in total. The van der Waals surface area contributed by atoms with Crippen LogP contribution < -0.4 is 15.5 Å². The fraction of sp³-hybridized carbons (Fsp3) is 0.450. The largest absolute Gasteiger partial charge is 0.465 e. The van der Waals surface area contributed by atoms with Gasteiger partial charge in [0.15, 0.2) is 5.96 Å². The number of anilines is 1. The first-order valence-corrected chi connectivity index (χ1v) is 9.97. The number of ether oxygens (including phenoxy) is 1. The van der Waals surface area contributed by atoms with E-state index in [2.05, 4.69) is 25.5 Å². The summed E-state index contributed by atoms with van der Waals surface area (Å²) in [4.78, 5) is 22.9. The van der Waals surface area contributed by atoms with Crippen molar-refractivity contribution < 1.29 is 13.9 Å². The topological polar surface area (TPSA) is 92.0 Å². The van der Waals surface area contributed by atoms with Gasteiger partial charge in [-0.1, -0.05) is 11.6 Å². The molecule has 3 heterocycles. The molecule has 1 fully saturated rings. The first kappa shape index (κ1) is 21.0. The van der Waals surface area contributed by atoms with Gasteiger partial charge >= 0.3 is 5.97 Å². The Balaban J connectivity index is 1.63. The zero-order chi connectivity index (χ0) is 20.8. The summed E-state index contributed by atoms with van der Waals surface area (Å²) >= 11 is 6.27. The summed E-state index contributed by atoms with van der Waals surface area (Å²) in [6.45, 7) is 6.45. The summed E-state index contributed by atoms with van der Waals surface area (Å²) in [6, 6.07) is 5.57. The van der Waals surface area contributed by atoms with Crippen LogP contribution in [0.25, 0.3) is 0 Å². The van der Waals surface area contributed by atoms with Gasteiger partial charge in [-0.2, -0.15) is 0 Å². The van der Waals surface area contributed by atoms with Crippen LogP contribution in [0.2, 0.25) is 5.02 Å². The van der Waals surface area contributed by atoms with Gasteiger partial charge in [-0.05, 0) is 38.5 Å². The van der Waals surface area contributed by atoms with E-state index in [1.54, 1.807) is 19.2 Å². The van der Waals surface area contributed by atoms with E-state index >= 15 is 0 Å². The van der Waals surface area contributed by atoms with Crippen molar-refractivity contribution in [1.29, 1.82) is 0 Å². The van der Waals surface area contributed by atoms with Crippen molar-refractivity contribution in [1.82, 2.24) is 15.6 Å². The minimum absolute atomic E-state index is 0.217. The monoisotopic (exact) mass is 419 g/mol. The number of nitrogens with one attached hydrogen (secondary N) is 2. The second-order valence-electron chi connectivity index (χ2n) is 6.75. The third kappa shape index (κ3) is 5.20. The lowest BCUT2D eigenvalue weighted by molar-refractivity contribution is 0.0599. The van der Waals surface area contributed by atoms with E-state index < -0.39 is 5.97 Å². The number of aliphatic imine (C=N–C) groups is 1. The van der Waals surface area contributed by atoms with Crippen molar-refractivity contribution >= 4 is 29.3 Å². The fourth-order valence-corrected chi connectivity index (χ4v) is 3.53. The van der Waals surface area contributed by atoms with Crippen molar-refractivity contribution in [2.45, 2.75) is 32.9 Å². The Morgan fingerprint density at radius 2 is 2.34 bits per heavy atom. The van der Waals surface area contributed by atoms with Gasteiger partial charge in [-0.15, -0.1) is 0 Å². The minimum atomic E-state index is -0.411. The van der Waals surface area contributed by atoms with E-state index in [1.807, 2.05) is 19.1 Å². The number of guanidine groups is 1. The number of halogens is 1. The van der Waals surface area contributed by atoms with Crippen LogP contribution in [0.15, 0.2) is 33.8 Å². The molecule has 0 aromatic carbocycles. The van der Waals surface area contributed by atoms with Gasteiger partial charge < -0.3 is 24.7 Å². The van der Waals surface area contributed by atoms with E-state index in [-0.39, 0.29) is 6.04 Å². The molecule has 0 radical (unpaired) electrons. The number of rotatable bonds is 6. The van der Waals surface area contributed by atoms with E-state index in [0.717, 1.165) is 31.9 Å². The number of furan rings is 1. The van der Waals surface area contributed by atoms with Crippen LogP contribution in [0.4, 0.5) is 5.82 Å². The summed E-state index contributed by atoms with van der Waals surface area (Å²) in [5.74, 6) is 2.22. The summed E-state index contributed by atoms with van der Waals surface area (Å²) in [7, 11) is 1.35. The number of aromatic nitrogens is 1. The molecule has 156 valence electrons. The number of hydrogen-bond acceptors (Lipinski definition) is 6. The lowest BCUT2D eigenvalue weighted by Gasteiger charge is -2.20. The fourth-order valence-electron chi connectivity index (χ4n) is 3.29. The molecular formula is C20H26ClN5O3. The molecule has 0 amide bonds. The average molecular weight is 420 g/mol. The molecule has 0 aliphatic carbocycles. The van der Waals surface area contributed by atoms with Gasteiger partial charge in [0.25, 0.3) is 0 Å². The van der Waals surface area contributed by atoms with Crippen molar-refractivity contribution in [2.24, 2.45) is 4.99 Å². The molecule has 1 atom stereocenters. The number of hydrogen-bond donors (Lipinski definition) is 2. The molecule has 29 heavy (non-hydrogen) atoms. The molecule has 0 bridgehead atoms. The standard InChI is InChI=1S/C20H26ClN5O3/c1-4-22-20(24-11-15-10-16(13(2)29-15)19(27)28-3)25-14-7-9-26(12-14)18-17(21)6-5-8-23-18/h5-6,8,10,14H,4,7,9,11-12H2,1-3H3,(H2,22,24,25). The van der Waals surface area contributed by atoms with Gasteiger partial charge in [0.2, 0.25) is 0 Å². The Kier molecular flexibility index (Phi) is 6.98. The maximum Gasteiger partial charge on any atom is 0.341 e. The van der Waals surface area contributed by atoms with Gasteiger partial charge in [0.05, 0.1) is 12.1 Å². The van der Waals surface area contributed by atoms with Crippen molar-refractivity contribution in [3.63, 3.8) is 0 Å². The lowest BCUT2D eigenvalue weighted by atomic mass is 10.2. The van der Waals surface area contributed by atoms with Crippen LogP contribution in [0.1, 0.15) is 35.2 Å². The van der Waals surface area contributed by atoms with Crippen molar-refractivity contribution in [3.8, 4) is 0 Å². The number of pyridine rings is 1. The zero-order valence-corrected chi connectivity index (χ0v) is 17.6. The third-order valence-corrected chi connectivity index (χ3v) is 4.97. The number of methoxy groups -OCH3 is 1. The van der Waals surface area contributed by atoms with Gasteiger partial charge in [-0.3, -0.25) is 0 Å². The molecule has 1 unspecified atom stereocenters. The van der Waals surface area contributed by atoms with Crippen LogP contribution in [-0.4, -0.2) is 49.7 Å². The SMILES string of the molecule is CCNC(=NCc1cc(C(=O)OC)c(C)o1)NC1CCN(c2ncccc2Cl)C1. The highest BCUT2D eigenvalue weighted by Gasteiger charge is 2.25. The summed E-state index contributed by atoms with van der Waals surface area (Å²) in [5.41, 5.74) is 0.425. The lowest BCUT2D eigenvalue weighted by Crippen LogP contribution is -2.44.